The van der Waals surface area contributed by atoms with Crippen molar-refractivity contribution in [2.75, 3.05) is 12.5 Å². The number of anilines is 1. The summed E-state index contributed by atoms with van der Waals surface area (Å²) in [6.07, 6.45) is 0. The largest absolute Gasteiger partial charge is 0.324 e. The van der Waals surface area contributed by atoms with Gasteiger partial charge in [0.15, 0.2) is 0 Å². The highest BCUT2D eigenvalue weighted by molar-refractivity contribution is 7.89. The zero-order chi connectivity index (χ0) is 13.9. The fraction of sp³-hybridized carbons (Fsp3) is 0.182. The van der Waals surface area contributed by atoms with Crippen LogP contribution in [0.5, 0.6) is 0 Å². The number of nitrogens with zero attached hydrogens (tertiary/aromatic N) is 2. The van der Waals surface area contributed by atoms with Gasteiger partial charge in [-0.05, 0) is 24.3 Å². The van der Waals surface area contributed by atoms with Crippen LogP contribution in [0.15, 0.2) is 40.1 Å². The Labute approximate surface area is 115 Å². The van der Waals surface area contributed by atoms with E-state index in [-0.39, 0.29) is 11.4 Å². The van der Waals surface area contributed by atoms with Gasteiger partial charge in [0, 0.05) is 18.1 Å². The number of thiazole rings is 1. The number of aromatic nitrogens is 1. The Bertz CT molecular complexity index is 623. The van der Waals surface area contributed by atoms with Crippen molar-refractivity contribution in [3.63, 3.8) is 0 Å². The van der Waals surface area contributed by atoms with Crippen molar-refractivity contribution in [3.8, 4) is 0 Å². The van der Waals surface area contributed by atoms with Crippen LogP contribution in [0.1, 0.15) is 5.69 Å². The summed E-state index contributed by atoms with van der Waals surface area (Å²) in [5, 5.41) is 1.83. The molecule has 0 bridgehead atoms. The molecule has 0 fully saturated rings. The third-order valence-electron chi connectivity index (χ3n) is 2.60. The molecule has 0 unspecified atom stereocenters. The first kappa shape index (κ1) is 13.9. The van der Waals surface area contributed by atoms with Crippen LogP contribution in [-0.2, 0) is 16.6 Å². The van der Waals surface area contributed by atoms with E-state index in [1.165, 1.54) is 34.8 Å². The summed E-state index contributed by atoms with van der Waals surface area (Å²) in [6, 6.07) is 6.26. The topological polar surface area (TPSA) is 88.3 Å². The molecule has 6 nitrogen and oxygen atoms in total. The molecule has 102 valence electrons. The first-order valence-corrected chi connectivity index (χ1v) is 7.82. The SMILES string of the molecule is CN(Cc1cscn1)S(=O)(=O)c1ccc(NN)cc1. The molecule has 19 heavy (non-hydrogen) atoms. The normalized spacial score (nSPS) is 11.7. The summed E-state index contributed by atoms with van der Waals surface area (Å²) >= 11 is 1.44. The molecule has 0 aliphatic carbocycles. The van der Waals surface area contributed by atoms with E-state index in [1.54, 1.807) is 17.6 Å². The molecule has 1 aromatic heterocycles. The van der Waals surface area contributed by atoms with Crippen molar-refractivity contribution in [1.29, 1.82) is 0 Å². The van der Waals surface area contributed by atoms with Crippen LogP contribution in [0.3, 0.4) is 0 Å². The van der Waals surface area contributed by atoms with Crippen LogP contribution in [0.25, 0.3) is 0 Å². The second kappa shape index (κ2) is 5.66. The lowest BCUT2D eigenvalue weighted by Gasteiger charge is -2.16. The van der Waals surface area contributed by atoms with E-state index in [0.717, 1.165) is 5.69 Å². The van der Waals surface area contributed by atoms with E-state index in [9.17, 15) is 8.42 Å². The van der Waals surface area contributed by atoms with Gasteiger partial charge in [0.05, 0.1) is 22.6 Å². The summed E-state index contributed by atoms with van der Waals surface area (Å²) in [7, 11) is -1.98. The average molecular weight is 298 g/mol. The Morgan fingerprint density at radius 1 is 1.37 bits per heavy atom. The number of hydrogen-bond acceptors (Lipinski definition) is 6. The van der Waals surface area contributed by atoms with Gasteiger partial charge in [0.1, 0.15) is 0 Å². The number of benzene rings is 1. The van der Waals surface area contributed by atoms with E-state index in [0.29, 0.717) is 5.69 Å². The predicted octanol–water partition coefficient (Wildman–Crippen LogP) is 1.25. The zero-order valence-corrected chi connectivity index (χ0v) is 11.9. The molecule has 0 radical (unpaired) electrons. The summed E-state index contributed by atoms with van der Waals surface area (Å²) in [6.45, 7) is 0.253. The van der Waals surface area contributed by atoms with Gasteiger partial charge in [-0.2, -0.15) is 4.31 Å². The van der Waals surface area contributed by atoms with Gasteiger partial charge < -0.3 is 5.43 Å². The lowest BCUT2D eigenvalue weighted by atomic mass is 10.3. The Balaban J connectivity index is 2.20. The zero-order valence-electron chi connectivity index (χ0n) is 10.3. The Kier molecular flexibility index (Phi) is 4.15. The third kappa shape index (κ3) is 3.10. The summed E-state index contributed by atoms with van der Waals surface area (Å²) in [4.78, 5) is 4.30. The second-order valence-electron chi connectivity index (χ2n) is 3.91. The van der Waals surface area contributed by atoms with E-state index in [2.05, 4.69) is 10.4 Å². The van der Waals surface area contributed by atoms with Crippen molar-refractivity contribution >= 4 is 27.0 Å². The van der Waals surface area contributed by atoms with Gasteiger partial charge >= 0.3 is 0 Å². The number of hydrogen-bond donors (Lipinski definition) is 2. The standard InChI is InChI=1S/C11H14N4O2S2/c1-15(6-10-7-18-8-13-10)19(16,17)11-4-2-9(14-12)3-5-11/h2-5,7-8,14H,6,12H2,1H3. The number of nitrogens with one attached hydrogen (secondary N) is 1. The van der Waals surface area contributed by atoms with Crippen molar-refractivity contribution in [1.82, 2.24) is 9.29 Å². The van der Waals surface area contributed by atoms with Crippen molar-refractivity contribution in [2.45, 2.75) is 11.4 Å². The monoisotopic (exact) mass is 298 g/mol. The van der Waals surface area contributed by atoms with E-state index >= 15 is 0 Å². The minimum absolute atomic E-state index is 0.226. The van der Waals surface area contributed by atoms with Crippen LogP contribution in [-0.4, -0.2) is 24.8 Å². The molecule has 3 N–H and O–H groups in total. The minimum atomic E-state index is -3.51. The second-order valence-corrected chi connectivity index (χ2v) is 6.67. The van der Waals surface area contributed by atoms with Gasteiger partial charge in [0.2, 0.25) is 10.0 Å². The van der Waals surface area contributed by atoms with Gasteiger partial charge in [-0.1, -0.05) is 0 Å². The van der Waals surface area contributed by atoms with Crippen LogP contribution in [0.4, 0.5) is 5.69 Å². The highest BCUT2D eigenvalue weighted by Crippen LogP contribution is 2.18. The Hall–Kier alpha value is -1.48. The molecule has 2 aromatic rings. The average Bonchev–Trinajstić information content (AvgIpc) is 2.91. The maximum atomic E-state index is 12.3. The number of nitrogen functional groups attached to an aromatic ring is 1. The van der Waals surface area contributed by atoms with Crippen molar-refractivity contribution in [2.24, 2.45) is 5.84 Å². The quantitative estimate of drug-likeness (QED) is 0.640. The molecule has 1 aromatic carbocycles. The first-order valence-electron chi connectivity index (χ1n) is 5.44. The molecule has 0 aliphatic heterocycles. The molecule has 8 heteroatoms. The maximum Gasteiger partial charge on any atom is 0.243 e. The van der Waals surface area contributed by atoms with Gasteiger partial charge in [-0.15, -0.1) is 11.3 Å². The fourth-order valence-corrected chi connectivity index (χ4v) is 3.22. The van der Waals surface area contributed by atoms with Crippen LogP contribution < -0.4 is 11.3 Å². The van der Waals surface area contributed by atoms with Gasteiger partial charge in [-0.3, -0.25) is 5.84 Å². The minimum Gasteiger partial charge on any atom is -0.324 e. The van der Waals surface area contributed by atoms with Crippen LogP contribution in [0.2, 0.25) is 0 Å². The van der Waals surface area contributed by atoms with Gasteiger partial charge in [-0.25, -0.2) is 13.4 Å². The molecular weight excluding hydrogens is 284 g/mol. The van der Waals surface area contributed by atoms with Crippen molar-refractivity contribution < 1.29 is 8.42 Å². The van der Waals surface area contributed by atoms with Crippen molar-refractivity contribution in [3.05, 3.63) is 40.8 Å². The molecule has 0 aliphatic rings. The molecule has 2 rings (SSSR count). The molecule has 0 saturated carbocycles. The number of sulfonamides is 1. The highest BCUT2D eigenvalue weighted by Gasteiger charge is 2.21. The third-order valence-corrected chi connectivity index (χ3v) is 5.05. The molecule has 0 amide bonds. The molecule has 0 saturated heterocycles. The Morgan fingerprint density at radius 3 is 2.58 bits per heavy atom. The molecule has 1 heterocycles. The Morgan fingerprint density at radius 2 is 2.05 bits per heavy atom. The molecule has 0 spiro atoms. The molecule has 0 atom stereocenters. The lowest BCUT2D eigenvalue weighted by molar-refractivity contribution is 0.463. The number of rotatable bonds is 5. The van der Waals surface area contributed by atoms with Crippen LogP contribution >= 0.6 is 11.3 Å². The van der Waals surface area contributed by atoms with E-state index in [4.69, 9.17) is 5.84 Å². The lowest BCUT2D eigenvalue weighted by Crippen LogP contribution is -2.26. The summed E-state index contributed by atoms with van der Waals surface area (Å²) < 4.78 is 25.9. The fourth-order valence-electron chi connectivity index (χ4n) is 1.53. The van der Waals surface area contributed by atoms with E-state index in [1.807, 2.05) is 5.38 Å². The molecular formula is C11H14N4O2S2. The first-order chi connectivity index (χ1) is 9.04. The van der Waals surface area contributed by atoms with Crippen LogP contribution in [0, 0.1) is 0 Å². The number of hydrazine groups is 1. The van der Waals surface area contributed by atoms with E-state index < -0.39 is 10.0 Å². The van der Waals surface area contributed by atoms with Gasteiger partial charge in [0.25, 0.3) is 0 Å². The smallest absolute Gasteiger partial charge is 0.243 e. The predicted molar refractivity (Wildman–Crippen MR) is 75.0 cm³/mol. The number of nitrogens with two attached hydrogens (primary N) is 1. The summed E-state index contributed by atoms with van der Waals surface area (Å²) in [5.41, 5.74) is 5.52. The highest BCUT2D eigenvalue weighted by atomic mass is 32.2. The maximum absolute atomic E-state index is 12.3. The summed E-state index contributed by atoms with van der Waals surface area (Å²) in [5.74, 6) is 5.24.